The van der Waals surface area contributed by atoms with E-state index in [1.165, 1.54) is 22.3 Å². The molecule has 3 heterocycles. The molecule has 0 unspecified atom stereocenters. The zero-order valence-corrected chi connectivity index (χ0v) is 42.1. The third-order valence-corrected chi connectivity index (χ3v) is 11.7. The molecule has 5 aromatic carbocycles. The zero-order valence-electron chi connectivity index (χ0n) is 39.7. The van der Waals surface area contributed by atoms with Crippen LogP contribution in [0.2, 0.25) is 0 Å². The van der Waals surface area contributed by atoms with Crippen molar-refractivity contribution in [1.29, 1.82) is 0 Å². The molecule has 3 aromatic heterocycles. The van der Waals surface area contributed by atoms with E-state index >= 15 is 0 Å². The minimum atomic E-state index is 0. The van der Waals surface area contributed by atoms with E-state index in [-0.39, 0.29) is 41.8 Å². The molecule has 8 heteroatoms. The minimum Gasteiger partial charge on any atom is -0.304 e. The number of hydrogen-bond donors (Lipinski definition) is 0. The van der Waals surface area contributed by atoms with Crippen molar-refractivity contribution in [3.05, 3.63) is 162 Å². The fraction of sp³-hybridized carbons (Fsp3) is 0.281. The third-order valence-electron chi connectivity index (χ3n) is 11.7. The monoisotopic (exact) mass is 1030 g/mol. The summed E-state index contributed by atoms with van der Waals surface area (Å²) in [4.78, 5) is 34.9. The Morgan fingerprint density at radius 1 is 0.308 bits per heavy atom. The molecule has 7 nitrogen and oxygen atoms in total. The van der Waals surface area contributed by atoms with Crippen LogP contribution in [0.5, 0.6) is 0 Å². The van der Waals surface area contributed by atoms with Gasteiger partial charge in [-0.25, -0.2) is 29.9 Å². The maximum Gasteiger partial charge on any atom is 0.165 e. The number of rotatable bonds is 7. The topological polar surface area (TPSA) is 90.2 Å². The molecule has 0 saturated heterocycles. The second-order valence-corrected chi connectivity index (χ2v) is 20.8. The van der Waals surface area contributed by atoms with Crippen LogP contribution in [0.4, 0.5) is 0 Å². The maximum atomic E-state index is 5.01. The predicted molar refractivity (Wildman–Crippen MR) is 263 cm³/mol. The molecular weight excluding hydrogens is 975 g/mol. The summed E-state index contributed by atoms with van der Waals surface area (Å²) in [7, 11) is 0. The van der Waals surface area contributed by atoms with E-state index in [1.807, 2.05) is 36.5 Å². The summed E-state index contributed by atoms with van der Waals surface area (Å²) in [6, 6.07) is 47.5. The summed E-state index contributed by atoms with van der Waals surface area (Å²) in [6.45, 7) is 26.6. The number of benzene rings is 5. The van der Waals surface area contributed by atoms with E-state index in [9.17, 15) is 0 Å². The molecule has 65 heavy (non-hydrogen) atoms. The number of nitrogens with zero attached hydrogens (tertiary/aromatic N) is 7. The van der Waals surface area contributed by atoms with Crippen molar-refractivity contribution in [1.82, 2.24) is 34.9 Å². The van der Waals surface area contributed by atoms with Crippen LogP contribution in [0.3, 0.4) is 0 Å². The predicted octanol–water partition coefficient (Wildman–Crippen LogP) is 14.1. The van der Waals surface area contributed by atoms with Gasteiger partial charge >= 0.3 is 0 Å². The van der Waals surface area contributed by atoms with Crippen molar-refractivity contribution in [3.63, 3.8) is 0 Å². The first-order chi connectivity index (χ1) is 30.2. The third kappa shape index (κ3) is 10.7. The molecule has 0 saturated carbocycles. The standard InChI is InChI=1S/C57H58N7.Ir/c1-54(2,3)43-26-17-38(18-27-43)49-59-48(60-50(61-49)39-19-28-44(29-20-39)55(4,5)6)37-15-13-36(14-16-37)47-34-25-42(35-58-47)53-63-51(40-21-30-45(31-22-40)56(7,8)9)62-52(64-53)41-23-32-46(33-24-41)57(10,11)12;/h13,15-35H,1-12H3;/q-1;. The van der Waals surface area contributed by atoms with Crippen LogP contribution < -0.4 is 0 Å². The quantitative estimate of drug-likeness (QED) is 0.147. The molecular formula is C57H58IrN7-. The molecule has 0 amide bonds. The van der Waals surface area contributed by atoms with Gasteiger partial charge in [-0.15, -0.1) is 29.8 Å². The van der Waals surface area contributed by atoms with Crippen LogP contribution in [-0.4, -0.2) is 34.9 Å². The Labute approximate surface area is 399 Å². The molecule has 1 radical (unpaired) electrons. The molecule has 0 aliphatic rings. The van der Waals surface area contributed by atoms with E-state index in [0.29, 0.717) is 34.9 Å². The van der Waals surface area contributed by atoms with Crippen molar-refractivity contribution < 1.29 is 20.1 Å². The molecule has 8 aromatic rings. The van der Waals surface area contributed by atoms with Gasteiger partial charge in [0.25, 0.3) is 0 Å². The number of pyridine rings is 1. The van der Waals surface area contributed by atoms with Crippen LogP contribution in [0.1, 0.15) is 105 Å². The average Bonchev–Trinajstić information content (AvgIpc) is 3.28. The van der Waals surface area contributed by atoms with E-state index in [4.69, 9.17) is 34.9 Å². The zero-order chi connectivity index (χ0) is 45.6. The Morgan fingerprint density at radius 3 is 0.815 bits per heavy atom. The fourth-order valence-corrected chi connectivity index (χ4v) is 7.41. The van der Waals surface area contributed by atoms with E-state index in [2.05, 4.69) is 186 Å². The molecule has 0 N–H and O–H groups in total. The molecule has 0 spiro atoms. The van der Waals surface area contributed by atoms with Crippen molar-refractivity contribution in [2.75, 3.05) is 0 Å². The summed E-state index contributed by atoms with van der Waals surface area (Å²) in [5, 5.41) is 0. The van der Waals surface area contributed by atoms with Crippen molar-refractivity contribution in [3.8, 4) is 79.6 Å². The van der Waals surface area contributed by atoms with E-state index in [1.54, 1.807) is 0 Å². The molecule has 8 rings (SSSR count). The van der Waals surface area contributed by atoms with Crippen LogP contribution in [0.15, 0.2) is 134 Å². The van der Waals surface area contributed by atoms with Crippen LogP contribution >= 0.6 is 0 Å². The Bertz CT molecular complexity index is 2540. The first-order valence-corrected chi connectivity index (χ1v) is 22.1. The molecule has 0 bridgehead atoms. The van der Waals surface area contributed by atoms with Gasteiger partial charge in [-0.2, -0.15) is 0 Å². The molecule has 0 aliphatic heterocycles. The van der Waals surface area contributed by atoms with Gasteiger partial charge < -0.3 is 4.98 Å². The van der Waals surface area contributed by atoms with Crippen LogP contribution in [0.25, 0.3) is 79.6 Å². The van der Waals surface area contributed by atoms with Gasteiger partial charge in [0, 0.05) is 54.1 Å². The smallest absolute Gasteiger partial charge is 0.165 e. The van der Waals surface area contributed by atoms with Gasteiger partial charge in [-0.05, 0) is 49.6 Å². The summed E-state index contributed by atoms with van der Waals surface area (Å²) in [5.41, 5.74) is 12.1. The van der Waals surface area contributed by atoms with Crippen LogP contribution in [-0.2, 0) is 41.8 Å². The van der Waals surface area contributed by atoms with Gasteiger partial charge in [0.1, 0.15) is 5.82 Å². The minimum absolute atomic E-state index is 0. The summed E-state index contributed by atoms with van der Waals surface area (Å²) in [6.07, 6.45) is 1.83. The van der Waals surface area contributed by atoms with Gasteiger partial charge in [-0.3, -0.25) is 0 Å². The normalized spacial score (nSPS) is 12.2. The van der Waals surface area contributed by atoms with Crippen molar-refractivity contribution >= 4 is 0 Å². The average molecular weight is 1030 g/mol. The van der Waals surface area contributed by atoms with Gasteiger partial charge in [0.05, 0.1) is 0 Å². The van der Waals surface area contributed by atoms with E-state index in [0.717, 1.165) is 44.6 Å². The van der Waals surface area contributed by atoms with Crippen molar-refractivity contribution in [2.45, 2.75) is 105 Å². The largest absolute Gasteiger partial charge is 0.304 e. The summed E-state index contributed by atoms with van der Waals surface area (Å²) < 4.78 is 0. The second kappa shape index (κ2) is 18.1. The fourth-order valence-electron chi connectivity index (χ4n) is 7.41. The summed E-state index contributed by atoms with van der Waals surface area (Å²) in [5.74, 6) is 3.60. The Balaban J connectivity index is 0.00000630. The van der Waals surface area contributed by atoms with Gasteiger partial charge in [0.15, 0.2) is 29.1 Å². The van der Waals surface area contributed by atoms with Crippen molar-refractivity contribution in [2.24, 2.45) is 0 Å². The number of hydrogen-bond acceptors (Lipinski definition) is 7. The molecule has 0 aliphatic carbocycles. The Kier molecular flexibility index (Phi) is 13.0. The molecule has 0 fully saturated rings. The Morgan fingerprint density at radius 2 is 0.569 bits per heavy atom. The summed E-state index contributed by atoms with van der Waals surface area (Å²) >= 11 is 0. The van der Waals surface area contributed by atoms with Gasteiger partial charge in [-0.1, -0.05) is 198 Å². The first-order valence-electron chi connectivity index (χ1n) is 22.1. The first kappa shape index (κ1) is 46.9. The van der Waals surface area contributed by atoms with Crippen LogP contribution in [0, 0.1) is 6.07 Å². The Hall–Kier alpha value is -6.08. The second-order valence-electron chi connectivity index (χ2n) is 20.8. The van der Waals surface area contributed by atoms with Gasteiger partial charge in [0.2, 0.25) is 0 Å². The number of aromatic nitrogens is 7. The SMILES string of the molecule is CC(C)(C)c1ccc(-c2nc(-c3c[c-]c(-c4ccc(-c5nc(-c6ccc(C(C)(C)C)cc6)nc(-c6ccc(C(C)(C)C)cc6)n5)cn4)cc3)nc(-c3ccc(C(C)(C)C)cc3)n2)cc1.[Ir]. The maximum absolute atomic E-state index is 5.01. The molecule has 331 valence electrons. The van der Waals surface area contributed by atoms with E-state index < -0.39 is 0 Å². The molecule has 0 atom stereocenters.